The van der Waals surface area contributed by atoms with Gasteiger partial charge in [0.25, 0.3) is 0 Å². The number of nitrogens with zero attached hydrogens (tertiary/aromatic N) is 1. The van der Waals surface area contributed by atoms with Crippen LogP contribution in [0.5, 0.6) is 0 Å². The average molecular weight is 326 g/mol. The van der Waals surface area contributed by atoms with Crippen LogP contribution >= 0.6 is 27.5 Å². The predicted molar refractivity (Wildman–Crippen MR) is 80.3 cm³/mol. The summed E-state index contributed by atoms with van der Waals surface area (Å²) in [6.07, 6.45) is 2.76. The normalized spacial score (nSPS) is 10.4. The van der Waals surface area contributed by atoms with Crippen LogP contribution in [0.4, 0.5) is 5.82 Å². The lowest BCUT2D eigenvalue weighted by atomic mass is 10.1. The van der Waals surface area contributed by atoms with Crippen LogP contribution in [0, 0.1) is 6.92 Å². The maximum absolute atomic E-state index is 5.85. The smallest absolute Gasteiger partial charge is 0.128 e. The Bertz CT molecular complexity index is 526. The molecular formula is C14H14BrClN2. The third-order valence-electron chi connectivity index (χ3n) is 2.66. The van der Waals surface area contributed by atoms with Crippen LogP contribution < -0.4 is 5.32 Å². The molecule has 1 aromatic heterocycles. The van der Waals surface area contributed by atoms with E-state index < -0.39 is 0 Å². The van der Waals surface area contributed by atoms with E-state index in [1.54, 1.807) is 6.20 Å². The Morgan fingerprint density at radius 2 is 2.00 bits per heavy atom. The zero-order valence-corrected chi connectivity index (χ0v) is 12.4. The summed E-state index contributed by atoms with van der Waals surface area (Å²) in [6.45, 7) is 2.90. The number of pyridine rings is 1. The van der Waals surface area contributed by atoms with Gasteiger partial charge in [0.1, 0.15) is 5.82 Å². The van der Waals surface area contributed by atoms with Gasteiger partial charge >= 0.3 is 0 Å². The van der Waals surface area contributed by atoms with Crippen LogP contribution in [0.25, 0.3) is 0 Å². The van der Waals surface area contributed by atoms with Crippen LogP contribution in [-0.2, 0) is 6.42 Å². The Balaban J connectivity index is 1.90. The Labute approximate surface area is 121 Å². The maximum Gasteiger partial charge on any atom is 0.128 e. The lowest BCUT2D eigenvalue weighted by Gasteiger charge is -2.08. The van der Waals surface area contributed by atoms with E-state index in [-0.39, 0.29) is 0 Å². The van der Waals surface area contributed by atoms with Crippen molar-refractivity contribution in [1.82, 2.24) is 4.98 Å². The van der Waals surface area contributed by atoms with Crippen molar-refractivity contribution < 1.29 is 0 Å². The van der Waals surface area contributed by atoms with Gasteiger partial charge in [-0.3, -0.25) is 0 Å². The van der Waals surface area contributed by atoms with Crippen molar-refractivity contribution in [3.8, 4) is 0 Å². The molecule has 0 saturated carbocycles. The van der Waals surface area contributed by atoms with Gasteiger partial charge in [-0.2, -0.15) is 0 Å². The van der Waals surface area contributed by atoms with Crippen molar-refractivity contribution >= 4 is 33.3 Å². The Morgan fingerprint density at radius 1 is 1.28 bits per heavy atom. The van der Waals surface area contributed by atoms with Crippen LogP contribution in [0.2, 0.25) is 5.02 Å². The lowest BCUT2D eigenvalue weighted by Crippen LogP contribution is -2.07. The van der Waals surface area contributed by atoms with E-state index in [1.807, 2.05) is 31.2 Å². The molecule has 0 unspecified atom stereocenters. The minimum absolute atomic E-state index is 0.775. The van der Waals surface area contributed by atoms with Crippen molar-refractivity contribution in [2.24, 2.45) is 0 Å². The van der Waals surface area contributed by atoms with E-state index in [4.69, 9.17) is 11.6 Å². The van der Waals surface area contributed by atoms with Gasteiger partial charge in [0.15, 0.2) is 0 Å². The molecular weight excluding hydrogens is 312 g/mol. The number of aryl methyl sites for hydroxylation is 1. The molecule has 0 aliphatic rings. The standard InChI is InChI=1S/C14H14BrClN2/c1-10-8-12(15)9-18-14(10)17-7-6-11-2-4-13(16)5-3-11/h2-5,8-9H,6-7H2,1H3,(H,17,18). The van der Waals surface area contributed by atoms with Gasteiger partial charge < -0.3 is 5.32 Å². The van der Waals surface area contributed by atoms with Crippen LogP contribution in [-0.4, -0.2) is 11.5 Å². The molecule has 0 spiro atoms. The number of hydrogen-bond acceptors (Lipinski definition) is 2. The van der Waals surface area contributed by atoms with E-state index >= 15 is 0 Å². The second-order valence-electron chi connectivity index (χ2n) is 4.12. The highest BCUT2D eigenvalue weighted by Crippen LogP contribution is 2.17. The summed E-state index contributed by atoms with van der Waals surface area (Å²) in [4.78, 5) is 4.34. The molecule has 0 aliphatic carbocycles. The van der Waals surface area contributed by atoms with Crippen LogP contribution in [0.3, 0.4) is 0 Å². The highest BCUT2D eigenvalue weighted by atomic mass is 79.9. The van der Waals surface area contributed by atoms with Crippen molar-refractivity contribution in [3.63, 3.8) is 0 Å². The predicted octanol–water partition coefficient (Wildman–Crippen LogP) is 4.46. The third-order valence-corrected chi connectivity index (χ3v) is 3.35. The van der Waals surface area contributed by atoms with E-state index in [1.165, 1.54) is 5.56 Å². The van der Waals surface area contributed by atoms with Crippen molar-refractivity contribution in [1.29, 1.82) is 0 Å². The first-order chi connectivity index (χ1) is 8.65. The zero-order chi connectivity index (χ0) is 13.0. The van der Waals surface area contributed by atoms with Gasteiger partial charge in [-0.25, -0.2) is 4.98 Å². The molecule has 2 aromatic rings. The first-order valence-electron chi connectivity index (χ1n) is 5.75. The summed E-state index contributed by atoms with van der Waals surface area (Å²) < 4.78 is 1.00. The fourth-order valence-electron chi connectivity index (χ4n) is 1.70. The summed E-state index contributed by atoms with van der Waals surface area (Å²) >= 11 is 9.25. The molecule has 1 aromatic carbocycles. The van der Waals surface area contributed by atoms with E-state index in [2.05, 4.69) is 32.3 Å². The summed E-state index contributed by atoms with van der Waals surface area (Å²) in [5.41, 5.74) is 2.40. The molecule has 4 heteroatoms. The van der Waals surface area contributed by atoms with Crippen molar-refractivity contribution in [2.75, 3.05) is 11.9 Å². The molecule has 0 radical (unpaired) electrons. The average Bonchev–Trinajstić information content (AvgIpc) is 2.34. The zero-order valence-electron chi connectivity index (χ0n) is 10.1. The monoisotopic (exact) mass is 324 g/mol. The number of benzene rings is 1. The van der Waals surface area contributed by atoms with E-state index in [0.29, 0.717) is 0 Å². The molecule has 0 fully saturated rings. The van der Waals surface area contributed by atoms with Gasteiger partial charge in [0.2, 0.25) is 0 Å². The number of nitrogens with one attached hydrogen (secondary N) is 1. The molecule has 1 N–H and O–H groups in total. The minimum Gasteiger partial charge on any atom is -0.370 e. The van der Waals surface area contributed by atoms with Gasteiger partial charge in [-0.15, -0.1) is 0 Å². The minimum atomic E-state index is 0.775. The molecule has 1 heterocycles. The lowest BCUT2D eigenvalue weighted by molar-refractivity contribution is 1.00. The molecule has 2 rings (SSSR count). The fraction of sp³-hybridized carbons (Fsp3) is 0.214. The molecule has 0 amide bonds. The first kappa shape index (κ1) is 13.4. The Hall–Kier alpha value is -1.06. The van der Waals surface area contributed by atoms with Gasteiger partial charge in [0.05, 0.1) is 0 Å². The number of aromatic nitrogens is 1. The molecule has 0 bridgehead atoms. The second kappa shape index (κ2) is 6.21. The topological polar surface area (TPSA) is 24.9 Å². The first-order valence-corrected chi connectivity index (χ1v) is 6.93. The second-order valence-corrected chi connectivity index (χ2v) is 5.47. The quantitative estimate of drug-likeness (QED) is 0.897. The summed E-state index contributed by atoms with van der Waals surface area (Å²) in [6, 6.07) is 9.98. The maximum atomic E-state index is 5.85. The molecule has 94 valence electrons. The van der Waals surface area contributed by atoms with Gasteiger partial charge in [-0.05, 0) is 58.6 Å². The largest absolute Gasteiger partial charge is 0.370 e. The fourth-order valence-corrected chi connectivity index (χ4v) is 2.27. The van der Waals surface area contributed by atoms with Crippen molar-refractivity contribution in [3.05, 3.63) is 57.2 Å². The number of rotatable bonds is 4. The van der Waals surface area contributed by atoms with Crippen LogP contribution in [0.1, 0.15) is 11.1 Å². The highest BCUT2D eigenvalue weighted by Gasteiger charge is 2.00. The summed E-state index contributed by atoms with van der Waals surface area (Å²) in [5.74, 6) is 0.937. The Kier molecular flexibility index (Phi) is 4.61. The number of halogens is 2. The Morgan fingerprint density at radius 3 is 2.67 bits per heavy atom. The highest BCUT2D eigenvalue weighted by molar-refractivity contribution is 9.10. The number of anilines is 1. The SMILES string of the molecule is Cc1cc(Br)cnc1NCCc1ccc(Cl)cc1. The summed E-state index contributed by atoms with van der Waals surface area (Å²) in [5, 5.41) is 4.11. The molecule has 0 aliphatic heterocycles. The molecule has 0 saturated heterocycles. The number of hydrogen-bond donors (Lipinski definition) is 1. The van der Waals surface area contributed by atoms with E-state index in [9.17, 15) is 0 Å². The van der Waals surface area contributed by atoms with Gasteiger partial charge in [-0.1, -0.05) is 23.7 Å². The third kappa shape index (κ3) is 3.72. The van der Waals surface area contributed by atoms with Crippen molar-refractivity contribution in [2.45, 2.75) is 13.3 Å². The molecule has 18 heavy (non-hydrogen) atoms. The summed E-state index contributed by atoms with van der Waals surface area (Å²) in [7, 11) is 0. The molecule has 2 nitrogen and oxygen atoms in total. The van der Waals surface area contributed by atoms with Gasteiger partial charge in [0, 0.05) is 22.2 Å². The van der Waals surface area contributed by atoms with Crippen LogP contribution in [0.15, 0.2) is 41.0 Å². The molecule has 0 atom stereocenters. The van der Waals surface area contributed by atoms with E-state index in [0.717, 1.165) is 33.8 Å².